The predicted molar refractivity (Wildman–Crippen MR) is 85.3 cm³/mol. The molecule has 0 saturated carbocycles. The Bertz CT molecular complexity index is 375. The van der Waals surface area contributed by atoms with Crippen molar-refractivity contribution >= 4 is 33.0 Å². The Balaban J connectivity index is 2.68. The molecule has 0 aromatic carbocycles. The Labute approximate surface area is 127 Å². The maximum Gasteiger partial charge on any atom is 0.255 e. The van der Waals surface area contributed by atoms with Crippen LogP contribution in [-0.2, 0) is 9.59 Å². The number of nitrogens with two attached hydrogens (primary N) is 1. The van der Waals surface area contributed by atoms with E-state index in [2.05, 4.69) is 40.7 Å². The van der Waals surface area contributed by atoms with Gasteiger partial charge >= 0.3 is 0 Å². The van der Waals surface area contributed by atoms with E-state index in [4.69, 9.17) is 5.73 Å². The number of hydrogen-bond acceptors (Lipinski definition) is 5. The number of hydrogen-bond donors (Lipinski definition) is 3. The van der Waals surface area contributed by atoms with Crippen LogP contribution >= 0.6 is 21.2 Å². The minimum absolute atomic E-state index is 0.0566. The summed E-state index contributed by atoms with van der Waals surface area (Å²) in [6.45, 7) is 8.40. The molecule has 4 N–H and O–H groups in total. The van der Waals surface area contributed by atoms with Gasteiger partial charge in [0.15, 0.2) is 0 Å². The van der Waals surface area contributed by atoms with Crippen LogP contribution in [0.25, 0.3) is 0 Å². The number of primary amides is 1. The van der Waals surface area contributed by atoms with E-state index in [0.717, 1.165) is 0 Å². The van der Waals surface area contributed by atoms with Gasteiger partial charge in [-0.25, -0.2) is 5.43 Å². The monoisotopic (exact) mass is 320 g/mol. The van der Waals surface area contributed by atoms with Crippen molar-refractivity contribution in [3.05, 3.63) is 0 Å². The van der Waals surface area contributed by atoms with E-state index in [1.54, 1.807) is 16.8 Å². The van der Waals surface area contributed by atoms with Gasteiger partial charge in [0.2, 0.25) is 5.91 Å². The molecule has 4 atom stereocenters. The molecule has 2 amide bonds. The van der Waals surface area contributed by atoms with Crippen LogP contribution in [0.4, 0.5) is 0 Å². The molecule has 6 nitrogen and oxygen atoms in total. The summed E-state index contributed by atoms with van der Waals surface area (Å²) in [5, 5.41) is 4.77. The number of thioether (sulfide) groups is 1. The number of nitrogens with zero attached hydrogens (tertiary/aromatic N) is 1. The van der Waals surface area contributed by atoms with Gasteiger partial charge in [-0.1, -0.05) is 30.2 Å². The van der Waals surface area contributed by atoms with Crippen LogP contribution in [0.1, 0.15) is 40.5 Å². The summed E-state index contributed by atoms with van der Waals surface area (Å²) in [4.78, 5) is 23.3. The minimum atomic E-state index is -0.429. The smallest absolute Gasteiger partial charge is 0.255 e. The molecule has 4 unspecified atom stereocenters. The molecule has 1 saturated heterocycles. The lowest BCUT2D eigenvalue weighted by molar-refractivity contribution is -0.136. The SMILES string of the molecule is CC1SC(C(C)(C)C)NN1C(=O)C(CCC(N)=O)NP. The molecule has 1 aliphatic heterocycles. The van der Waals surface area contributed by atoms with Gasteiger partial charge in [-0.15, -0.1) is 11.8 Å². The molecule has 0 aliphatic carbocycles. The summed E-state index contributed by atoms with van der Waals surface area (Å²) < 4.78 is 0. The van der Waals surface area contributed by atoms with E-state index < -0.39 is 11.9 Å². The molecule has 0 aromatic rings. The Hall–Kier alpha value is -0.360. The first-order valence-electron chi connectivity index (χ1n) is 6.66. The van der Waals surface area contributed by atoms with E-state index in [1.807, 2.05) is 6.92 Å². The first-order valence-corrected chi connectivity index (χ1v) is 8.18. The second-order valence-electron chi connectivity index (χ2n) is 6.04. The fourth-order valence-corrected chi connectivity index (χ4v) is 3.46. The predicted octanol–water partition coefficient (Wildman–Crippen LogP) is 0.798. The van der Waals surface area contributed by atoms with Gasteiger partial charge in [0, 0.05) is 6.42 Å². The van der Waals surface area contributed by atoms with Crippen molar-refractivity contribution in [1.29, 1.82) is 0 Å². The van der Waals surface area contributed by atoms with Gasteiger partial charge in [-0.2, -0.15) is 0 Å². The first-order chi connectivity index (χ1) is 9.16. The second kappa shape index (κ2) is 7.07. The summed E-state index contributed by atoms with van der Waals surface area (Å²) in [5.74, 6) is -0.458. The van der Waals surface area contributed by atoms with Crippen LogP contribution in [0, 0.1) is 5.41 Å². The lowest BCUT2D eigenvalue weighted by Gasteiger charge is -2.28. The summed E-state index contributed by atoms with van der Waals surface area (Å²) in [5.41, 5.74) is 8.46. The Morgan fingerprint density at radius 2 is 2.10 bits per heavy atom. The van der Waals surface area contributed by atoms with Crippen LogP contribution in [0.2, 0.25) is 0 Å². The van der Waals surface area contributed by atoms with E-state index in [1.165, 1.54) is 0 Å². The number of hydrazine groups is 1. The van der Waals surface area contributed by atoms with Crippen LogP contribution in [0.5, 0.6) is 0 Å². The first kappa shape index (κ1) is 17.7. The number of amides is 2. The van der Waals surface area contributed by atoms with Gasteiger partial charge in [0.1, 0.15) is 0 Å². The highest BCUT2D eigenvalue weighted by molar-refractivity contribution is 8.00. The number of carbonyl (C=O) groups excluding carboxylic acids is 2. The molecule has 1 rings (SSSR count). The molecule has 20 heavy (non-hydrogen) atoms. The zero-order valence-electron chi connectivity index (χ0n) is 12.5. The fraction of sp³-hybridized carbons (Fsp3) is 0.833. The van der Waals surface area contributed by atoms with Gasteiger partial charge in [0.25, 0.3) is 5.91 Å². The average molecular weight is 320 g/mol. The Kier molecular flexibility index (Phi) is 6.25. The molecule has 0 aromatic heterocycles. The van der Waals surface area contributed by atoms with Crippen molar-refractivity contribution in [3.8, 4) is 0 Å². The average Bonchev–Trinajstić information content (AvgIpc) is 2.71. The van der Waals surface area contributed by atoms with Gasteiger partial charge < -0.3 is 5.73 Å². The van der Waals surface area contributed by atoms with Crippen molar-refractivity contribution in [1.82, 2.24) is 15.5 Å². The second-order valence-corrected chi connectivity index (χ2v) is 7.80. The normalized spacial score (nSPS) is 24.8. The van der Waals surface area contributed by atoms with E-state index in [9.17, 15) is 9.59 Å². The van der Waals surface area contributed by atoms with E-state index in [-0.39, 0.29) is 28.5 Å². The molecule has 0 radical (unpaired) electrons. The van der Waals surface area contributed by atoms with E-state index >= 15 is 0 Å². The van der Waals surface area contributed by atoms with Crippen molar-refractivity contribution in [2.45, 2.75) is 57.3 Å². The molecular formula is C12H25N4O2PS. The lowest BCUT2D eigenvalue weighted by atomic mass is 9.97. The molecule has 0 spiro atoms. The number of carbonyl (C=O) groups is 2. The molecule has 8 heteroatoms. The van der Waals surface area contributed by atoms with Crippen molar-refractivity contribution in [3.63, 3.8) is 0 Å². The van der Waals surface area contributed by atoms with Crippen LogP contribution < -0.4 is 16.2 Å². The third-order valence-corrected chi connectivity index (χ3v) is 5.25. The standard InChI is InChI=1S/C12H25N4O2PS/c1-7-16(14-11(20-7)12(2,3)4)10(18)8(15-19)5-6-9(13)17/h7-8,11,14-15H,5-6,19H2,1-4H3,(H2,13,17). The van der Waals surface area contributed by atoms with Gasteiger partial charge in [-0.3, -0.25) is 19.7 Å². The highest BCUT2D eigenvalue weighted by atomic mass is 32.2. The van der Waals surface area contributed by atoms with Crippen LogP contribution in [0.15, 0.2) is 0 Å². The van der Waals surface area contributed by atoms with E-state index in [0.29, 0.717) is 6.42 Å². The summed E-state index contributed by atoms with van der Waals surface area (Å²) >= 11 is 1.73. The molecule has 1 aliphatic rings. The Morgan fingerprint density at radius 3 is 2.50 bits per heavy atom. The Morgan fingerprint density at radius 1 is 1.50 bits per heavy atom. The van der Waals surface area contributed by atoms with Crippen LogP contribution in [-0.4, -0.2) is 33.6 Å². The quantitative estimate of drug-likeness (QED) is 0.652. The molecule has 0 bridgehead atoms. The zero-order valence-corrected chi connectivity index (χ0v) is 14.4. The third-order valence-electron chi connectivity index (χ3n) is 3.16. The maximum atomic E-state index is 12.5. The summed E-state index contributed by atoms with van der Waals surface area (Å²) in [6, 6.07) is -0.429. The number of nitrogens with one attached hydrogen (secondary N) is 2. The highest BCUT2D eigenvalue weighted by Crippen LogP contribution is 2.37. The van der Waals surface area contributed by atoms with Crippen molar-refractivity contribution < 1.29 is 9.59 Å². The molecule has 116 valence electrons. The zero-order chi connectivity index (χ0) is 15.5. The maximum absolute atomic E-state index is 12.5. The topological polar surface area (TPSA) is 87.5 Å². The molecule has 1 heterocycles. The van der Waals surface area contributed by atoms with Crippen molar-refractivity contribution in [2.75, 3.05) is 0 Å². The highest BCUT2D eigenvalue weighted by Gasteiger charge is 2.40. The van der Waals surface area contributed by atoms with Crippen molar-refractivity contribution in [2.24, 2.45) is 11.1 Å². The van der Waals surface area contributed by atoms with Gasteiger partial charge in [-0.05, 0) is 18.8 Å². The largest absolute Gasteiger partial charge is 0.370 e. The minimum Gasteiger partial charge on any atom is -0.370 e. The summed E-state index contributed by atoms with van der Waals surface area (Å²) in [6.07, 6.45) is 0.587. The fourth-order valence-electron chi connectivity index (χ4n) is 1.89. The van der Waals surface area contributed by atoms with Crippen LogP contribution in [0.3, 0.4) is 0 Å². The lowest BCUT2D eigenvalue weighted by Crippen LogP contribution is -2.52. The van der Waals surface area contributed by atoms with Gasteiger partial charge in [0.05, 0.1) is 16.8 Å². The number of rotatable bonds is 5. The molecular weight excluding hydrogens is 295 g/mol. The summed E-state index contributed by atoms with van der Waals surface area (Å²) in [7, 11) is 2.34. The third kappa shape index (κ3) is 4.58. The molecule has 1 fully saturated rings.